The van der Waals surface area contributed by atoms with Crippen molar-refractivity contribution in [2.45, 2.75) is 39.5 Å². The standard InChI is InChI=1S/C20H27ClN6O/c1-12-17(21)11-23-20(24-12)27-6-3-14(4-7-27)16-9-15(16)5-8-28-19-10-18(22)25-13(2)26-19/h10-11,14-16H,3-9H2,1-2H3,(H2,22,25,26). The molecule has 7 nitrogen and oxygen atoms in total. The first-order valence-electron chi connectivity index (χ1n) is 9.97. The van der Waals surface area contributed by atoms with Crippen LogP contribution < -0.4 is 15.4 Å². The molecule has 2 fully saturated rings. The van der Waals surface area contributed by atoms with Crippen LogP contribution >= 0.6 is 11.6 Å². The summed E-state index contributed by atoms with van der Waals surface area (Å²) in [6.07, 6.45) is 6.50. The van der Waals surface area contributed by atoms with Gasteiger partial charge in [-0.15, -0.1) is 0 Å². The number of anilines is 2. The molecule has 150 valence electrons. The van der Waals surface area contributed by atoms with Gasteiger partial charge in [0, 0.05) is 19.2 Å². The van der Waals surface area contributed by atoms with Gasteiger partial charge in [-0.05, 0) is 57.3 Å². The number of halogens is 1. The quantitative estimate of drug-likeness (QED) is 0.791. The number of hydrogen-bond acceptors (Lipinski definition) is 7. The van der Waals surface area contributed by atoms with Gasteiger partial charge < -0.3 is 15.4 Å². The van der Waals surface area contributed by atoms with E-state index in [-0.39, 0.29) is 0 Å². The molecular formula is C20H27ClN6O. The first kappa shape index (κ1) is 19.2. The SMILES string of the molecule is Cc1nc(N)cc(OCCC2CC2C2CCN(c3ncc(Cl)c(C)n3)CC2)n1. The Morgan fingerprint density at radius 2 is 2.00 bits per heavy atom. The maximum atomic E-state index is 6.04. The Hall–Kier alpha value is -2.15. The fourth-order valence-electron chi connectivity index (χ4n) is 4.25. The van der Waals surface area contributed by atoms with Crippen molar-refractivity contribution in [1.29, 1.82) is 0 Å². The molecule has 0 bridgehead atoms. The molecule has 1 aliphatic carbocycles. The van der Waals surface area contributed by atoms with Crippen LogP contribution in [0.4, 0.5) is 11.8 Å². The second-order valence-electron chi connectivity index (χ2n) is 7.90. The zero-order valence-electron chi connectivity index (χ0n) is 16.4. The molecule has 0 radical (unpaired) electrons. The van der Waals surface area contributed by atoms with Crippen molar-refractivity contribution in [3.8, 4) is 5.88 Å². The minimum Gasteiger partial charge on any atom is -0.478 e. The van der Waals surface area contributed by atoms with Crippen LogP contribution in [0.5, 0.6) is 5.88 Å². The summed E-state index contributed by atoms with van der Waals surface area (Å²) in [5.41, 5.74) is 6.59. The van der Waals surface area contributed by atoms with E-state index >= 15 is 0 Å². The van der Waals surface area contributed by atoms with Crippen LogP contribution in [-0.4, -0.2) is 39.6 Å². The highest BCUT2D eigenvalue weighted by Crippen LogP contribution is 2.49. The number of hydrogen-bond donors (Lipinski definition) is 1. The topological polar surface area (TPSA) is 90.1 Å². The van der Waals surface area contributed by atoms with Gasteiger partial charge in [-0.25, -0.2) is 15.0 Å². The van der Waals surface area contributed by atoms with E-state index in [0.29, 0.717) is 29.2 Å². The van der Waals surface area contributed by atoms with Gasteiger partial charge in [0.15, 0.2) is 0 Å². The molecule has 1 saturated heterocycles. The maximum absolute atomic E-state index is 6.04. The van der Waals surface area contributed by atoms with Gasteiger partial charge in [0.05, 0.1) is 23.5 Å². The summed E-state index contributed by atoms with van der Waals surface area (Å²) in [5.74, 6) is 4.88. The van der Waals surface area contributed by atoms with E-state index in [1.54, 1.807) is 12.3 Å². The number of piperidine rings is 1. The Bertz CT molecular complexity index is 819. The zero-order valence-corrected chi connectivity index (χ0v) is 17.2. The third kappa shape index (κ3) is 4.46. The molecule has 0 amide bonds. The molecule has 28 heavy (non-hydrogen) atoms. The Balaban J connectivity index is 1.20. The van der Waals surface area contributed by atoms with Gasteiger partial charge in [0.25, 0.3) is 0 Å². The average molecular weight is 403 g/mol. The van der Waals surface area contributed by atoms with E-state index in [2.05, 4.69) is 24.8 Å². The summed E-state index contributed by atoms with van der Waals surface area (Å²) < 4.78 is 5.78. The average Bonchev–Trinajstić information content (AvgIpc) is 3.43. The second kappa shape index (κ2) is 8.07. The molecule has 1 aliphatic heterocycles. The van der Waals surface area contributed by atoms with Crippen molar-refractivity contribution in [2.75, 3.05) is 30.3 Å². The summed E-state index contributed by atoms with van der Waals surface area (Å²) in [5, 5.41) is 0.626. The van der Waals surface area contributed by atoms with E-state index in [1.165, 1.54) is 19.3 Å². The van der Waals surface area contributed by atoms with Gasteiger partial charge in [-0.2, -0.15) is 4.98 Å². The lowest BCUT2D eigenvalue weighted by Gasteiger charge is -2.32. The smallest absolute Gasteiger partial charge is 0.225 e. The van der Waals surface area contributed by atoms with Crippen LogP contribution in [0.2, 0.25) is 5.02 Å². The van der Waals surface area contributed by atoms with Gasteiger partial charge in [0.2, 0.25) is 11.8 Å². The maximum Gasteiger partial charge on any atom is 0.225 e. The predicted molar refractivity (Wildman–Crippen MR) is 110 cm³/mol. The highest BCUT2D eigenvalue weighted by atomic mass is 35.5. The minimum atomic E-state index is 0.457. The van der Waals surface area contributed by atoms with Crippen LogP contribution in [0.1, 0.15) is 37.2 Å². The largest absolute Gasteiger partial charge is 0.478 e. The molecule has 1 saturated carbocycles. The number of nitrogens with zero attached hydrogens (tertiary/aromatic N) is 5. The molecule has 2 unspecified atom stereocenters. The first-order chi connectivity index (χ1) is 13.5. The Kier molecular flexibility index (Phi) is 5.53. The molecule has 3 heterocycles. The molecule has 2 aromatic heterocycles. The summed E-state index contributed by atoms with van der Waals surface area (Å²) in [6.45, 7) is 6.47. The highest BCUT2D eigenvalue weighted by Gasteiger charge is 2.43. The van der Waals surface area contributed by atoms with Crippen molar-refractivity contribution in [1.82, 2.24) is 19.9 Å². The molecule has 2 atom stereocenters. The third-order valence-electron chi connectivity index (χ3n) is 5.88. The minimum absolute atomic E-state index is 0.457. The van der Waals surface area contributed by atoms with Crippen LogP contribution in [0.15, 0.2) is 12.3 Å². The summed E-state index contributed by atoms with van der Waals surface area (Å²) in [4.78, 5) is 19.5. The first-order valence-corrected chi connectivity index (χ1v) is 10.4. The molecule has 0 aromatic carbocycles. The van der Waals surface area contributed by atoms with Crippen LogP contribution in [0.3, 0.4) is 0 Å². The predicted octanol–water partition coefficient (Wildman–Crippen LogP) is 3.44. The van der Waals surface area contributed by atoms with Crippen molar-refractivity contribution >= 4 is 23.4 Å². The number of aromatic nitrogens is 4. The van der Waals surface area contributed by atoms with Crippen molar-refractivity contribution in [3.05, 3.63) is 28.8 Å². The molecular weight excluding hydrogens is 376 g/mol. The van der Waals surface area contributed by atoms with E-state index in [4.69, 9.17) is 22.1 Å². The number of ether oxygens (including phenoxy) is 1. The molecule has 2 aliphatic rings. The fourth-order valence-corrected chi connectivity index (χ4v) is 4.34. The second-order valence-corrected chi connectivity index (χ2v) is 8.31. The lowest BCUT2D eigenvalue weighted by molar-refractivity contribution is 0.275. The Labute approximate surface area is 170 Å². The molecule has 8 heteroatoms. The van der Waals surface area contributed by atoms with E-state index in [1.807, 2.05) is 13.8 Å². The normalized spacial score (nSPS) is 22.3. The number of rotatable bonds is 6. The van der Waals surface area contributed by atoms with E-state index in [9.17, 15) is 0 Å². The highest BCUT2D eigenvalue weighted by molar-refractivity contribution is 6.31. The van der Waals surface area contributed by atoms with Crippen molar-refractivity contribution < 1.29 is 4.74 Å². The molecule has 0 spiro atoms. The Morgan fingerprint density at radius 1 is 1.21 bits per heavy atom. The van der Waals surface area contributed by atoms with Crippen LogP contribution in [-0.2, 0) is 0 Å². The number of nitrogen functional groups attached to an aromatic ring is 1. The fraction of sp³-hybridized carbons (Fsp3) is 0.600. The number of nitrogens with two attached hydrogens (primary N) is 1. The van der Waals surface area contributed by atoms with Gasteiger partial charge in [-0.3, -0.25) is 0 Å². The number of aryl methyl sites for hydroxylation is 2. The zero-order chi connectivity index (χ0) is 19.7. The van der Waals surface area contributed by atoms with Crippen molar-refractivity contribution in [2.24, 2.45) is 17.8 Å². The van der Waals surface area contributed by atoms with E-state index in [0.717, 1.165) is 48.9 Å². The summed E-state index contributed by atoms with van der Waals surface area (Å²) >= 11 is 6.04. The van der Waals surface area contributed by atoms with Crippen LogP contribution in [0.25, 0.3) is 0 Å². The van der Waals surface area contributed by atoms with Gasteiger partial charge in [-0.1, -0.05) is 11.6 Å². The monoisotopic (exact) mass is 402 g/mol. The molecule has 2 aromatic rings. The summed E-state index contributed by atoms with van der Waals surface area (Å²) in [6, 6.07) is 1.69. The molecule has 2 N–H and O–H groups in total. The lowest BCUT2D eigenvalue weighted by atomic mass is 9.90. The van der Waals surface area contributed by atoms with Crippen LogP contribution in [0, 0.1) is 31.6 Å². The van der Waals surface area contributed by atoms with Gasteiger partial charge >= 0.3 is 0 Å². The van der Waals surface area contributed by atoms with Gasteiger partial charge in [0.1, 0.15) is 11.6 Å². The van der Waals surface area contributed by atoms with E-state index < -0.39 is 0 Å². The molecule has 4 rings (SSSR count). The third-order valence-corrected chi connectivity index (χ3v) is 6.26. The summed E-state index contributed by atoms with van der Waals surface area (Å²) in [7, 11) is 0. The Morgan fingerprint density at radius 3 is 2.71 bits per heavy atom. The lowest BCUT2D eigenvalue weighted by Crippen LogP contribution is -2.35. The van der Waals surface area contributed by atoms with Crippen molar-refractivity contribution in [3.63, 3.8) is 0 Å².